The van der Waals surface area contributed by atoms with Crippen molar-refractivity contribution in [2.24, 2.45) is 0 Å². The molecule has 5 N–H and O–H groups in total. The minimum atomic E-state index is 0.205. The first kappa shape index (κ1) is 21.0. The number of fused-ring (bicyclic) bond motifs is 1. The molecule has 170 valence electrons. The van der Waals surface area contributed by atoms with Gasteiger partial charge in [0.2, 0.25) is 11.8 Å². The van der Waals surface area contributed by atoms with Gasteiger partial charge in [0.05, 0.1) is 11.8 Å². The van der Waals surface area contributed by atoms with E-state index in [0.29, 0.717) is 41.2 Å². The Bertz CT molecular complexity index is 1210. The molecule has 1 fully saturated rings. The van der Waals surface area contributed by atoms with Gasteiger partial charge in [-0.25, -0.2) is 4.98 Å². The molecule has 10 heteroatoms. The van der Waals surface area contributed by atoms with Gasteiger partial charge in [0.1, 0.15) is 5.82 Å². The highest BCUT2D eigenvalue weighted by molar-refractivity contribution is 5.93. The van der Waals surface area contributed by atoms with Crippen molar-refractivity contribution in [3.63, 3.8) is 0 Å². The molecule has 3 aromatic heterocycles. The molecule has 10 nitrogen and oxygen atoms in total. The molecule has 0 radical (unpaired) electrons. The summed E-state index contributed by atoms with van der Waals surface area (Å²) in [6.45, 7) is 3.65. The van der Waals surface area contributed by atoms with Gasteiger partial charge in [0.25, 0.3) is 0 Å². The number of benzene rings is 1. The molecule has 0 aliphatic carbocycles. The molecule has 1 aliphatic rings. The monoisotopic (exact) mass is 445 g/mol. The van der Waals surface area contributed by atoms with Crippen molar-refractivity contribution in [3.8, 4) is 11.6 Å². The van der Waals surface area contributed by atoms with Crippen LogP contribution >= 0.6 is 0 Å². The van der Waals surface area contributed by atoms with Crippen LogP contribution in [0.15, 0.2) is 53.1 Å². The first-order valence-electron chi connectivity index (χ1n) is 11.1. The lowest BCUT2D eigenvalue weighted by Crippen LogP contribution is -2.41. The number of furan rings is 1. The third-order valence-corrected chi connectivity index (χ3v) is 5.89. The highest BCUT2D eigenvalue weighted by atomic mass is 16.3. The van der Waals surface area contributed by atoms with Crippen molar-refractivity contribution in [2.45, 2.75) is 18.9 Å². The summed E-state index contributed by atoms with van der Waals surface area (Å²) in [5.41, 5.74) is 8.32. The Morgan fingerprint density at radius 1 is 1.12 bits per heavy atom. The summed E-state index contributed by atoms with van der Waals surface area (Å²) in [6, 6.07) is 14.4. The molecule has 4 aromatic rings. The van der Waals surface area contributed by atoms with Crippen LogP contribution in [0.4, 0.5) is 17.5 Å². The van der Waals surface area contributed by atoms with E-state index >= 15 is 0 Å². The number of nitrogens with two attached hydrogens (primary N) is 1. The second-order valence-electron chi connectivity index (χ2n) is 8.08. The number of para-hydroxylation sites is 1. The minimum Gasteiger partial charge on any atom is -0.461 e. The second-order valence-corrected chi connectivity index (χ2v) is 8.08. The molecule has 1 aliphatic heterocycles. The molecule has 0 amide bonds. The van der Waals surface area contributed by atoms with Gasteiger partial charge < -0.3 is 31.1 Å². The van der Waals surface area contributed by atoms with E-state index in [-0.39, 0.29) is 5.95 Å². The predicted molar refractivity (Wildman–Crippen MR) is 129 cm³/mol. The average Bonchev–Trinajstić information content (AvgIpc) is 3.52. The number of nitrogens with zero attached hydrogens (tertiary/aromatic N) is 5. The van der Waals surface area contributed by atoms with Gasteiger partial charge in [0, 0.05) is 44.1 Å². The Morgan fingerprint density at radius 3 is 2.67 bits per heavy atom. The number of aromatic nitrogens is 4. The summed E-state index contributed by atoms with van der Waals surface area (Å²) >= 11 is 0. The number of anilines is 3. The topological polar surface area (TPSA) is 133 Å². The zero-order valence-electron chi connectivity index (χ0n) is 18.2. The van der Waals surface area contributed by atoms with Crippen molar-refractivity contribution in [1.82, 2.24) is 24.5 Å². The van der Waals surface area contributed by atoms with Gasteiger partial charge >= 0.3 is 0 Å². The van der Waals surface area contributed by atoms with Gasteiger partial charge in [0.15, 0.2) is 11.4 Å². The Balaban J connectivity index is 1.20. The molecule has 4 heterocycles. The van der Waals surface area contributed by atoms with Crippen molar-refractivity contribution in [1.29, 1.82) is 5.41 Å². The Kier molecular flexibility index (Phi) is 5.90. The fourth-order valence-electron chi connectivity index (χ4n) is 4.16. The van der Waals surface area contributed by atoms with Crippen LogP contribution in [0, 0.1) is 5.41 Å². The molecule has 1 saturated heterocycles. The molecule has 0 saturated carbocycles. The van der Waals surface area contributed by atoms with E-state index in [1.807, 2.05) is 6.07 Å². The molecule has 33 heavy (non-hydrogen) atoms. The third-order valence-electron chi connectivity index (χ3n) is 5.89. The molecule has 0 atom stereocenters. The van der Waals surface area contributed by atoms with E-state index in [0.717, 1.165) is 32.5 Å². The molecular weight excluding hydrogens is 418 g/mol. The second kappa shape index (κ2) is 9.29. The quantitative estimate of drug-likeness (QED) is 0.304. The van der Waals surface area contributed by atoms with Crippen LogP contribution < -0.4 is 16.4 Å². The highest BCUT2D eigenvalue weighted by Crippen LogP contribution is 2.23. The molecular formula is C23H27N9O. The first-order chi connectivity index (χ1) is 16.2. The Hall–Kier alpha value is -3.92. The number of nitrogen functional groups attached to an aromatic ring is 1. The molecule has 0 unspecified atom stereocenters. The van der Waals surface area contributed by atoms with Crippen molar-refractivity contribution in [2.75, 3.05) is 42.5 Å². The maximum Gasteiger partial charge on any atom is 0.225 e. The summed E-state index contributed by atoms with van der Waals surface area (Å²) in [6.07, 6.45) is 5.00. The zero-order chi connectivity index (χ0) is 22.6. The Morgan fingerprint density at radius 2 is 1.94 bits per heavy atom. The van der Waals surface area contributed by atoms with E-state index in [2.05, 4.69) is 54.9 Å². The van der Waals surface area contributed by atoms with Gasteiger partial charge in [-0.05, 0) is 37.1 Å². The highest BCUT2D eigenvalue weighted by Gasteiger charge is 2.20. The van der Waals surface area contributed by atoms with Crippen molar-refractivity contribution >= 4 is 29.3 Å². The molecule has 5 rings (SSSR count). The van der Waals surface area contributed by atoms with Crippen LogP contribution in [0.25, 0.3) is 17.2 Å². The predicted octanol–water partition coefficient (Wildman–Crippen LogP) is 2.95. The van der Waals surface area contributed by atoms with E-state index in [1.165, 1.54) is 16.4 Å². The average molecular weight is 446 g/mol. The molecule has 1 aromatic carbocycles. The standard InChI is InChI=1S/C23H27N9O/c24-15-18-20(29-23(25)32-22(18)28-21(30-32)19-7-4-14-33-19)26-10-13-31-11-8-17(9-12-31)27-16-5-2-1-3-6-16/h1-7,14-15,17,24,26-27H,8-13H2,(H2,25,29). The SMILES string of the molecule is N=Cc1c(NCCN2CCC(Nc3ccccc3)CC2)nc(N)n2nc(-c3ccco3)nc12. The van der Waals surface area contributed by atoms with Crippen molar-refractivity contribution < 1.29 is 4.42 Å². The van der Waals surface area contributed by atoms with E-state index in [4.69, 9.17) is 15.6 Å². The van der Waals surface area contributed by atoms with Crippen LogP contribution in [0.3, 0.4) is 0 Å². The number of piperidine rings is 1. The minimum absolute atomic E-state index is 0.205. The van der Waals surface area contributed by atoms with Gasteiger partial charge in [-0.15, -0.1) is 5.10 Å². The van der Waals surface area contributed by atoms with Gasteiger partial charge in [-0.2, -0.15) is 9.50 Å². The van der Waals surface area contributed by atoms with Crippen molar-refractivity contribution in [3.05, 3.63) is 54.3 Å². The summed E-state index contributed by atoms with van der Waals surface area (Å²) in [5.74, 6) is 1.68. The van der Waals surface area contributed by atoms with Crippen LogP contribution in [0.5, 0.6) is 0 Å². The maximum atomic E-state index is 7.90. The third kappa shape index (κ3) is 4.51. The lowest BCUT2D eigenvalue weighted by molar-refractivity contribution is 0.226. The molecule has 0 bridgehead atoms. The number of hydrogen-bond donors (Lipinski definition) is 4. The fourth-order valence-corrected chi connectivity index (χ4v) is 4.16. The van der Waals surface area contributed by atoms with Crippen LogP contribution in [0.2, 0.25) is 0 Å². The van der Waals surface area contributed by atoms with E-state index in [1.54, 1.807) is 18.4 Å². The lowest BCUT2D eigenvalue weighted by atomic mass is 10.0. The first-order valence-corrected chi connectivity index (χ1v) is 11.1. The maximum absolute atomic E-state index is 7.90. The van der Waals surface area contributed by atoms with Crippen LogP contribution in [-0.2, 0) is 0 Å². The zero-order valence-corrected chi connectivity index (χ0v) is 18.2. The summed E-state index contributed by atoms with van der Waals surface area (Å²) in [5, 5.41) is 19.2. The molecule has 0 spiro atoms. The fraction of sp³-hybridized carbons (Fsp3) is 0.304. The van der Waals surface area contributed by atoms with Crippen LogP contribution in [0.1, 0.15) is 18.4 Å². The summed E-state index contributed by atoms with van der Waals surface area (Å²) < 4.78 is 6.82. The lowest BCUT2D eigenvalue weighted by Gasteiger charge is -2.33. The largest absolute Gasteiger partial charge is 0.461 e. The number of likely N-dealkylation sites (tertiary alicyclic amines) is 1. The van der Waals surface area contributed by atoms with E-state index < -0.39 is 0 Å². The summed E-state index contributed by atoms with van der Waals surface area (Å²) in [7, 11) is 0. The number of rotatable bonds is 8. The van der Waals surface area contributed by atoms with Gasteiger partial charge in [-0.3, -0.25) is 0 Å². The Labute approximate surface area is 191 Å². The summed E-state index contributed by atoms with van der Waals surface area (Å²) in [4.78, 5) is 11.4. The van der Waals surface area contributed by atoms with Gasteiger partial charge in [-0.1, -0.05) is 18.2 Å². The number of hydrogen-bond acceptors (Lipinski definition) is 9. The number of nitrogens with one attached hydrogen (secondary N) is 3. The smallest absolute Gasteiger partial charge is 0.225 e. The van der Waals surface area contributed by atoms with Crippen LogP contribution in [-0.4, -0.2) is 62.9 Å². The normalized spacial score (nSPS) is 15.0. The van der Waals surface area contributed by atoms with E-state index in [9.17, 15) is 0 Å².